The average Bonchev–Trinajstić information content (AvgIpc) is 2.56. The Bertz CT molecular complexity index is 662. The van der Waals surface area contributed by atoms with E-state index in [1.165, 1.54) is 12.1 Å². The normalized spacial score (nSPS) is 8.77. The number of carbonyl (C=O) groups excluding carboxylic acids is 4. The van der Waals surface area contributed by atoms with Crippen molar-refractivity contribution in [2.75, 3.05) is 5.32 Å². The number of amides is 2. The summed E-state index contributed by atoms with van der Waals surface area (Å²) in [6, 6.07) is 15.0. The molecule has 0 aliphatic rings. The first-order valence-corrected chi connectivity index (χ1v) is 6.02. The Balaban J connectivity index is 0.000000745. The Morgan fingerprint density at radius 3 is 1.82 bits per heavy atom. The molecule has 0 saturated carbocycles. The lowest BCUT2D eigenvalue weighted by Gasteiger charge is -2.06. The van der Waals surface area contributed by atoms with Crippen LogP contribution in [0.1, 0.15) is 20.7 Å². The van der Waals surface area contributed by atoms with Crippen molar-refractivity contribution in [3.63, 3.8) is 0 Å². The van der Waals surface area contributed by atoms with Crippen LogP contribution < -0.4 is 10.8 Å². The summed E-state index contributed by atoms with van der Waals surface area (Å²) in [5.74, 6) is -0.819. The molecular formula is C15H12N2O5. The number of nitrogens with one attached hydrogen (secondary N) is 2. The van der Waals surface area contributed by atoms with E-state index in [-0.39, 0.29) is 12.1 Å². The van der Waals surface area contributed by atoms with Crippen molar-refractivity contribution >= 4 is 23.7 Å². The maximum atomic E-state index is 11.9. The molecule has 2 rings (SSSR count). The number of carbonyl (C=O) groups is 2. The average molecular weight is 300 g/mol. The van der Waals surface area contributed by atoms with Gasteiger partial charge in [-0.05, 0) is 36.4 Å². The van der Waals surface area contributed by atoms with Crippen LogP contribution in [-0.4, -0.2) is 23.2 Å². The molecule has 7 nitrogen and oxygen atoms in total. The van der Waals surface area contributed by atoms with Crippen LogP contribution in [-0.2, 0) is 9.59 Å². The van der Waals surface area contributed by atoms with Gasteiger partial charge in [0.15, 0.2) is 0 Å². The van der Waals surface area contributed by atoms with Gasteiger partial charge in [0.25, 0.3) is 11.8 Å². The molecule has 0 aromatic heterocycles. The van der Waals surface area contributed by atoms with Gasteiger partial charge in [-0.1, -0.05) is 18.2 Å². The van der Waals surface area contributed by atoms with E-state index >= 15 is 0 Å². The summed E-state index contributed by atoms with van der Waals surface area (Å²) in [5, 5.41) is 11.2. The summed E-state index contributed by atoms with van der Waals surface area (Å²) in [4.78, 5) is 39.2. The van der Waals surface area contributed by atoms with Crippen molar-refractivity contribution < 1.29 is 24.4 Å². The maximum absolute atomic E-state index is 11.9. The first-order chi connectivity index (χ1) is 10.6. The second kappa shape index (κ2) is 8.80. The molecule has 0 unspecified atom stereocenters. The van der Waals surface area contributed by atoms with Crippen LogP contribution in [0.25, 0.3) is 0 Å². The minimum absolute atomic E-state index is 0.222. The van der Waals surface area contributed by atoms with Crippen molar-refractivity contribution in [1.29, 1.82) is 0 Å². The van der Waals surface area contributed by atoms with Crippen LogP contribution in [0.5, 0.6) is 0 Å². The summed E-state index contributed by atoms with van der Waals surface area (Å²) < 4.78 is 0. The topological polar surface area (TPSA) is 113 Å². The molecule has 0 atom stereocenters. The Morgan fingerprint density at radius 2 is 1.32 bits per heavy atom. The highest BCUT2D eigenvalue weighted by atomic mass is 16.5. The smallest absolute Gasteiger partial charge is 0.322 e. The van der Waals surface area contributed by atoms with Gasteiger partial charge in [-0.25, -0.2) is 5.48 Å². The number of hydroxylamine groups is 1. The van der Waals surface area contributed by atoms with Crippen molar-refractivity contribution in [3.05, 3.63) is 65.7 Å². The number of benzene rings is 2. The van der Waals surface area contributed by atoms with Crippen LogP contribution >= 0.6 is 0 Å². The monoisotopic (exact) mass is 300 g/mol. The standard InChI is InChI=1S/C14H12N2O3.CO2/c17-13(10-4-2-1-3-5-10)15-12-8-6-11(7-9-12)14(18)16-19;2-1-3/h1-9,19H,(H,15,17)(H,16,18);. The fourth-order valence-electron chi connectivity index (χ4n) is 1.56. The SMILES string of the molecule is O=C(NO)c1ccc(NC(=O)c2ccccc2)cc1.O=C=O. The van der Waals surface area contributed by atoms with Gasteiger partial charge in [0.05, 0.1) is 0 Å². The Hall–Kier alpha value is -3.28. The first kappa shape index (κ1) is 16.8. The van der Waals surface area contributed by atoms with Crippen LogP contribution in [0, 0.1) is 0 Å². The van der Waals surface area contributed by atoms with Crippen molar-refractivity contribution in [1.82, 2.24) is 5.48 Å². The predicted molar refractivity (Wildman–Crippen MR) is 75.1 cm³/mol. The fraction of sp³-hybridized carbons (Fsp3) is 0. The van der Waals surface area contributed by atoms with Crippen molar-refractivity contribution in [2.24, 2.45) is 0 Å². The zero-order valence-corrected chi connectivity index (χ0v) is 11.3. The van der Waals surface area contributed by atoms with Crippen LogP contribution in [0.4, 0.5) is 5.69 Å². The van der Waals surface area contributed by atoms with E-state index < -0.39 is 5.91 Å². The molecule has 0 aliphatic carbocycles. The van der Waals surface area contributed by atoms with Crippen LogP contribution in [0.3, 0.4) is 0 Å². The molecule has 3 N–H and O–H groups in total. The molecule has 2 aromatic carbocycles. The molecule has 0 heterocycles. The predicted octanol–water partition coefficient (Wildman–Crippen LogP) is 1.47. The first-order valence-electron chi connectivity index (χ1n) is 6.02. The molecule has 0 radical (unpaired) electrons. The van der Waals surface area contributed by atoms with Gasteiger partial charge in [0.1, 0.15) is 0 Å². The zero-order chi connectivity index (χ0) is 16.4. The van der Waals surface area contributed by atoms with Crippen LogP contribution in [0.2, 0.25) is 0 Å². The number of rotatable bonds is 3. The molecule has 2 amide bonds. The summed E-state index contributed by atoms with van der Waals surface area (Å²) in [6.45, 7) is 0. The summed E-state index contributed by atoms with van der Waals surface area (Å²) >= 11 is 0. The minimum Gasteiger partial charge on any atom is -0.322 e. The molecule has 2 aromatic rings. The molecule has 7 heteroatoms. The van der Waals surface area contributed by atoms with Crippen molar-refractivity contribution in [2.45, 2.75) is 0 Å². The molecule has 0 saturated heterocycles. The second-order valence-corrected chi connectivity index (χ2v) is 3.92. The van der Waals surface area contributed by atoms with E-state index in [0.29, 0.717) is 16.8 Å². The largest absolute Gasteiger partial charge is 0.373 e. The number of anilines is 1. The van der Waals surface area contributed by atoms with E-state index in [1.807, 2.05) is 6.07 Å². The molecule has 0 bridgehead atoms. The van der Waals surface area contributed by atoms with Crippen molar-refractivity contribution in [3.8, 4) is 0 Å². The van der Waals surface area contributed by atoms with Gasteiger partial charge < -0.3 is 5.32 Å². The highest BCUT2D eigenvalue weighted by Gasteiger charge is 2.06. The lowest BCUT2D eigenvalue weighted by Crippen LogP contribution is -2.18. The van der Waals surface area contributed by atoms with E-state index in [9.17, 15) is 9.59 Å². The second-order valence-electron chi connectivity index (χ2n) is 3.92. The third-order valence-electron chi connectivity index (χ3n) is 2.54. The summed E-state index contributed by atoms with van der Waals surface area (Å²) in [5.41, 5.74) is 2.97. The molecule has 0 fully saturated rings. The third kappa shape index (κ3) is 5.01. The molecular weight excluding hydrogens is 288 g/mol. The third-order valence-corrected chi connectivity index (χ3v) is 2.54. The van der Waals surface area contributed by atoms with Gasteiger partial charge in [0, 0.05) is 16.8 Å². The zero-order valence-electron chi connectivity index (χ0n) is 11.3. The van der Waals surface area contributed by atoms with E-state index in [0.717, 1.165) is 0 Å². The highest BCUT2D eigenvalue weighted by molar-refractivity contribution is 6.04. The Labute approximate surface area is 125 Å². The van der Waals surface area contributed by atoms with Gasteiger partial charge in [-0.2, -0.15) is 9.59 Å². The van der Waals surface area contributed by atoms with Crippen LogP contribution in [0.15, 0.2) is 54.6 Å². The highest BCUT2D eigenvalue weighted by Crippen LogP contribution is 2.11. The molecule has 0 aliphatic heterocycles. The van der Waals surface area contributed by atoms with Gasteiger partial charge in [-0.15, -0.1) is 0 Å². The fourth-order valence-corrected chi connectivity index (χ4v) is 1.56. The number of hydrogen-bond acceptors (Lipinski definition) is 5. The Morgan fingerprint density at radius 1 is 0.818 bits per heavy atom. The lowest BCUT2D eigenvalue weighted by molar-refractivity contribution is -0.191. The van der Waals surface area contributed by atoms with Gasteiger partial charge >= 0.3 is 6.15 Å². The maximum Gasteiger partial charge on any atom is 0.373 e. The Kier molecular flexibility index (Phi) is 6.71. The summed E-state index contributed by atoms with van der Waals surface area (Å²) in [6.07, 6.45) is 0.250. The molecule has 22 heavy (non-hydrogen) atoms. The summed E-state index contributed by atoms with van der Waals surface area (Å²) in [7, 11) is 0. The van der Waals surface area contributed by atoms with E-state index in [2.05, 4.69) is 5.32 Å². The molecule has 112 valence electrons. The minimum atomic E-state index is -0.596. The van der Waals surface area contributed by atoms with E-state index in [1.54, 1.807) is 41.9 Å². The quantitative estimate of drug-likeness (QED) is 0.587. The van der Waals surface area contributed by atoms with Gasteiger partial charge in [0.2, 0.25) is 0 Å². The number of hydrogen-bond donors (Lipinski definition) is 3. The molecule has 0 spiro atoms. The lowest BCUT2D eigenvalue weighted by atomic mass is 10.2. The van der Waals surface area contributed by atoms with Gasteiger partial charge in [-0.3, -0.25) is 14.8 Å². The van der Waals surface area contributed by atoms with E-state index in [4.69, 9.17) is 14.8 Å².